The van der Waals surface area contributed by atoms with Gasteiger partial charge in [-0.15, -0.1) is 11.3 Å². The van der Waals surface area contributed by atoms with Crippen molar-refractivity contribution in [2.75, 3.05) is 10.8 Å². The molecule has 0 bridgehead atoms. The van der Waals surface area contributed by atoms with Gasteiger partial charge in [-0.25, -0.2) is 8.42 Å². The molecule has 0 atom stereocenters. The van der Waals surface area contributed by atoms with Crippen molar-refractivity contribution in [3.63, 3.8) is 0 Å². The first-order valence-corrected chi connectivity index (χ1v) is 10.3. The minimum atomic E-state index is -3.61. The topological polar surface area (TPSA) is 76.3 Å². The first-order valence-electron chi connectivity index (χ1n) is 8.04. The number of thiophene rings is 1. The molecule has 0 N–H and O–H groups in total. The van der Waals surface area contributed by atoms with E-state index in [1.54, 1.807) is 6.07 Å². The van der Waals surface area contributed by atoms with Gasteiger partial charge in [-0.3, -0.25) is 4.31 Å². The fourth-order valence-electron chi connectivity index (χ4n) is 3.01. The molecular formula is C17H17N3O3S2. The fourth-order valence-corrected chi connectivity index (χ4v) is 6.00. The van der Waals surface area contributed by atoms with Crippen molar-refractivity contribution < 1.29 is 12.9 Å². The number of hydrogen-bond donors (Lipinski definition) is 0. The third-order valence-corrected chi connectivity index (χ3v) is 7.39. The van der Waals surface area contributed by atoms with Crippen LogP contribution in [0.1, 0.15) is 23.3 Å². The van der Waals surface area contributed by atoms with Gasteiger partial charge in [0.1, 0.15) is 4.90 Å². The summed E-state index contributed by atoms with van der Waals surface area (Å²) in [6.45, 7) is 4.20. The van der Waals surface area contributed by atoms with E-state index in [2.05, 4.69) is 10.1 Å². The molecule has 4 rings (SSSR count). The maximum atomic E-state index is 13.2. The highest BCUT2D eigenvalue weighted by Gasteiger charge is 2.33. The standard InChI is InChI=1S/C17H17N3O3S2/c1-3-16-18-17(19-23-16)14-10-15(11(2)24-14)25(21,22)20-9-8-12-6-4-5-7-13(12)20/h4-7,10H,3,8-9H2,1-2H3. The summed E-state index contributed by atoms with van der Waals surface area (Å²) in [5.41, 5.74) is 1.83. The van der Waals surface area contributed by atoms with Crippen molar-refractivity contribution in [3.05, 3.63) is 46.7 Å². The SMILES string of the molecule is CCc1nc(-c2cc(S(=O)(=O)N3CCc4ccccc43)c(C)s2)no1. The van der Waals surface area contributed by atoms with E-state index in [1.165, 1.54) is 15.6 Å². The summed E-state index contributed by atoms with van der Waals surface area (Å²) in [5, 5.41) is 3.94. The monoisotopic (exact) mass is 375 g/mol. The number of fused-ring (bicyclic) bond motifs is 1. The number of aromatic nitrogens is 2. The van der Waals surface area contributed by atoms with Crippen LogP contribution in [-0.4, -0.2) is 25.1 Å². The van der Waals surface area contributed by atoms with Crippen LogP contribution < -0.4 is 4.31 Å². The summed E-state index contributed by atoms with van der Waals surface area (Å²) in [4.78, 5) is 6.03. The van der Waals surface area contributed by atoms with E-state index in [9.17, 15) is 8.42 Å². The number of benzene rings is 1. The van der Waals surface area contributed by atoms with Gasteiger partial charge in [-0.2, -0.15) is 4.98 Å². The van der Waals surface area contributed by atoms with Crippen molar-refractivity contribution in [3.8, 4) is 10.7 Å². The number of hydrogen-bond acceptors (Lipinski definition) is 6. The minimum absolute atomic E-state index is 0.312. The van der Waals surface area contributed by atoms with Crippen LogP contribution in [0.4, 0.5) is 5.69 Å². The van der Waals surface area contributed by atoms with E-state index in [1.807, 2.05) is 38.1 Å². The molecular weight excluding hydrogens is 358 g/mol. The van der Waals surface area contributed by atoms with Crippen LogP contribution in [0.15, 0.2) is 39.8 Å². The molecule has 130 valence electrons. The fraction of sp³-hybridized carbons (Fsp3) is 0.294. The largest absolute Gasteiger partial charge is 0.339 e. The summed E-state index contributed by atoms with van der Waals surface area (Å²) in [6, 6.07) is 9.28. The van der Waals surface area contributed by atoms with Crippen molar-refractivity contribution in [1.82, 2.24) is 10.1 Å². The quantitative estimate of drug-likeness (QED) is 0.698. The van der Waals surface area contributed by atoms with Gasteiger partial charge in [0.15, 0.2) is 0 Å². The Morgan fingerprint density at radius 2 is 2.12 bits per heavy atom. The zero-order valence-electron chi connectivity index (χ0n) is 13.9. The molecule has 0 saturated heterocycles. The van der Waals surface area contributed by atoms with Crippen LogP contribution in [0, 0.1) is 6.92 Å². The van der Waals surface area contributed by atoms with Crippen LogP contribution in [0.2, 0.25) is 0 Å². The zero-order valence-corrected chi connectivity index (χ0v) is 15.5. The Morgan fingerprint density at radius 3 is 2.88 bits per heavy atom. The molecule has 25 heavy (non-hydrogen) atoms. The molecule has 0 fully saturated rings. The highest BCUT2D eigenvalue weighted by molar-refractivity contribution is 7.93. The Kier molecular flexibility index (Phi) is 3.88. The van der Waals surface area contributed by atoms with Crippen LogP contribution >= 0.6 is 11.3 Å². The number of anilines is 1. The predicted octanol–water partition coefficient (Wildman–Crippen LogP) is 3.42. The highest BCUT2D eigenvalue weighted by Crippen LogP contribution is 2.38. The first-order chi connectivity index (χ1) is 12.0. The number of nitrogens with zero attached hydrogens (tertiary/aromatic N) is 3. The van der Waals surface area contributed by atoms with Crippen molar-refractivity contribution >= 4 is 27.0 Å². The molecule has 0 unspecified atom stereocenters. The third-order valence-electron chi connectivity index (χ3n) is 4.28. The number of aryl methyl sites for hydroxylation is 2. The van der Waals surface area contributed by atoms with Gasteiger partial charge < -0.3 is 4.52 Å². The van der Waals surface area contributed by atoms with Crippen molar-refractivity contribution in [2.24, 2.45) is 0 Å². The Labute approximate surface area is 150 Å². The van der Waals surface area contributed by atoms with Gasteiger partial charge in [-0.05, 0) is 31.0 Å². The lowest BCUT2D eigenvalue weighted by atomic mass is 10.2. The smallest absolute Gasteiger partial charge is 0.265 e. The zero-order chi connectivity index (χ0) is 17.6. The summed E-state index contributed by atoms with van der Waals surface area (Å²) >= 11 is 1.37. The van der Waals surface area contributed by atoms with E-state index in [-0.39, 0.29) is 0 Å². The molecule has 0 radical (unpaired) electrons. The molecule has 1 aliphatic rings. The average molecular weight is 375 g/mol. The molecule has 0 amide bonds. The second-order valence-corrected chi connectivity index (χ2v) is 8.94. The molecule has 3 aromatic rings. The Balaban J connectivity index is 1.75. The van der Waals surface area contributed by atoms with E-state index < -0.39 is 10.0 Å². The van der Waals surface area contributed by atoms with E-state index in [0.29, 0.717) is 34.5 Å². The molecule has 0 aliphatic carbocycles. The third kappa shape index (κ3) is 2.65. The summed E-state index contributed by atoms with van der Waals surface area (Å²) < 4.78 is 33.0. The summed E-state index contributed by atoms with van der Waals surface area (Å²) in [5.74, 6) is 0.979. The van der Waals surface area contributed by atoms with Gasteiger partial charge in [0.25, 0.3) is 10.0 Å². The Bertz CT molecular complexity index is 1040. The Hall–Kier alpha value is -2.19. The lowest BCUT2D eigenvalue weighted by molar-refractivity contribution is 0.383. The van der Waals surface area contributed by atoms with Crippen molar-refractivity contribution in [1.29, 1.82) is 0 Å². The molecule has 0 saturated carbocycles. The van der Waals surface area contributed by atoms with E-state index in [0.717, 1.165) is 22.5 Å². The van der Waals surface area contributed by atoms with Crippen LogP contribution in [-0.2, 0) is 22.9 Å². The van der Waals surface area contributed by atoms with Crippen molar-refractivity contribution in [2.45, 2.75) is 31.6 Å². The average Bonchev–Trinajstić information content (AvgIpc) is 3.32. The normalized spacial score (nSPS) is 14.1. The molecule has 3 heterocycles. The minimum Gasteiger partial charge on any atom is -0.339 e. The van der Waals surface area contributed by atoms with Crippen LogP contribution in [0.25, 0.3) is 10.7 Å². The molecule has 6 nitrogen and oxygen atoms in total. The van der Waals surface area contributed by atoms with Gasteiger partial charge in [0, 0.05) is 17.8 Å². The van der Waals surface area contributed by atoms with Gasteiger partial charge >= 0.3 is 0 Å². The lowest BCUT2D eigenvalue weighted by Gasteiger charge is -2.19. The molecule has 8 heteroatoms. The first kappa shape index (κ1) is 16.3. The van der Waals surface area contributed by atoms with E-state index in [4.69, 9.17) is 4.52 Å². The van der Waals surface area contributed by atoms with E-state index >= 15 is 0 Å². The molecule has 2 aromatic heterocycles. The highest BCUT2D eigenvalue weighted by atomic mass is 32.2. The second kappa shape index (κ2) is 5.96. The van der Waals surface area contributed by atoms with Gasteiger partial charge in [0.05, 0.1) is 10.6 Å². The number of para-hydroxylation sites is 1. The molecule has 1 aromatic carbocycles. The molecule has 0 spiro atoms. The summed E-state index contributed by atoms with van der Waals surface area (Å²) in [7, 11) is -3.61. The molecule has 1 aliphatic heterocycles. The summed E-state index contributed by atoms with van der Waals surface area (Å²) in [6.07, 6.45) is 1.38. The second-order valence-electron chi connectivity index (χ2n) is 5.85. The van der Waals surface area contributed by atoms with Crippen LogP contribution in [0.3, 0.4) is 0 Å². The van der Waals surface area contributed by atoms with Gasteiger partial charge in [-0.1, -0.05) is 30.3 Å². The van der Waals surface area contributed by atoms with Gasteiger partial charge in [0.2, 0.25) is 11.7 Å². The number of sulfonamides is 1. The maximum Gasteiger partial charge on any atom is 0.265 e. The maximum absolute atomic E-state index is 13.2. The predicted molar refractivity (Wildman–Crippen MR) is 96.4 cm³/mol. The Morgan fingerprint density at radius 1 is 1.32 bits per heavy atom. The lowest BCUT2D eigenvalue weighted by Crippen LogP contribution is -2.29. The van der Waals surface area contributed by atoms with Crippen LogP contribution in [0.5, 0.6) is 0 Å². The number of rotatable bonds is 4.